The second kappa shape index (κ2) is 7.45. The van der Waals surface area contributed by atoms with E-state index in [1.54, 1.807) is 59.5 Å². The molecular weight excluding hydrogens is 431 g/mol. The van der Waals surface area contributed by atoms with Gasteiger partial charge in [-0.25, -0.2) is 13.8 Å². The number of anilines is 1. The van der Waals surface area contributed by atoms with Crippen molar-refractivity contribution in [2.24, 2.45) is 0 Å². The number of carbonyl (C=O) groups excluding carboxylic acids is 2. The molecule has 0 fully saturated rings. The molecule has 6 nitrogen and oxygen atoms in total. The average Bonchev–Trinajstić information content (AvgIpc) is 3.35. The molecular formula is C27H17FN4O2. The Hall–Kier alpha value is -4.65. The number of rotatable bonds is 3. The molecule has 0 radical (unpaired) electrons. The van der Waals surface area contributed by atoms with Crippen LogP contribution in [-0.4, -0.2) is 26.4 Å². The van der Waals surface area contributed by atoms with E-state index in [4.69, 9.17) is 5.10 Å². The van der Waals surface area contributed by atoms with Crippen molar-refractivity contribution in [3.05, 3.63) is 108 Å². The van der Waals surface area contributed by atoms with Crippen molar-refractivity contribution in [1.29, 1.82) is 0 Å². The third-order valence-electron chi connectivity index (χ3n) is 6.09. The molecule has 2 aromatic carbocycles. The van der Waals surface area contributed by atoms with Gasteiger partial charge in [-0.2, -0.15) is 5.10 Å². The van der Waals surface area contributed by atoms with E-state index >= 15 is 0 Å². The van der Waals surface area contributed by atoms with Crippen LogP contribution in [0.2, 0.25) is 0 Å². The average molecular weight is 448 g/mol. The van der Waals surface area contributed by atoms with Gasteiger partial charge in [0.2, 0.25) is 0 Å². The van der Waals surface area contributed by atoms with Gasteiger partial charge >= 0.3 is 0 Å². The van der Waals surface area contributed by atoms with Crippen molar-refractivity contribution in [2.45, 2.75) is 6.92 Å². The Morgan fingerprint density at radius 1 is 0.824 bits per heavy atom. The van der Waals surface area contributed by atoms with Crippen LogP contribution in [0.4, 0.5) is 10.1 Å². The molecule has 164 valence electrons. The monoisotopic (exact) mass is 448 g/mol. The standard InChI is InChI=1S/C27H17FN4O2/c1-16-3-2-4-21-23(16)27(34)32(26(21)33)20-11-14-31-22(15-20)24(17-9-12-29-13-10-17)25(30-31)18-5-7-19(28)8-6-18/h2-15H,1H3. The molecule has 0 saturated carbocycles. The number of hydrogen-bond donors (Lipinski definition) is 0. The number of aryl methyl sites for hydroxylation is 1. The number of pyridine rings is 2. The predicted octanol–water partition coefficient (Wildman–Crippen LogP) is 5.31. The van der Waals surface area contributed by atoms with Crippen LogP contribution in [0.5, 0.6) is 0 Å². The lowest BCUT2D eigenvalue weighted by molar-refractivity contribution is 0.0926. The summed E-state index contributed by atoms with van der Waals surface area (Å²) in [5.41, 5.74) is 5.82. The zero-order valence-corrected chi connectivity index (χ0v) is 18.1. The summed E-state index contributed by atoms with van der Waals surface area (Å²) in [5, 5.41) is 4.73. The van der Waals surface area contributed by atoms with Crippen LogP contribution in [0.25, 0.3) is 27.9 Å². The number of carbonyl (C=O) groups is 2. The summed E-state index contributed by atoms with van der Waals surface area (Å²) in [5.74, 6) is -1.02. The van der Waals surface area contributed by atoms with Crippen LogP contribution in [-0.2, 0) is 0 Å². The highest BCUT2D eigenvalue weighted by molar-refractivity contribution is 6.35. The van der Waals surface area contributed by atoms with Gasteiger partial charge in [0.1, 0.15) is 11.5 Å². The summed E-state index contributed by atoms with van der Waals surface area (Å²) < 4.78 is 15.3. The molecule has 0 N–H and O–H groups in total. The van der Waals surface area contributed by atoms with Gasteiger partial charge in [-0.3, -0.25) is 14.6 Å². The van der Waals surface area contributed by atoms with E-state index < -0.39 is 0 Å². The van der Waals surface area contributed by atoms with Gasteiger partial charge in [0.15, 0.2) is 0 Å². The maximum absolute atomic E-state index is 13.6. The number of benzene rings is 2. The summed E-state index contributed by atoms with van der Waals surface area (Å²) in [6, 6.07) is 18.6. The number of aromatic nitrogens is 3. The highest BCUT2D eigenvalue weighted by Crippen LogP contribution is 2.37. The van der Waals surface area contributed by atoms with Crippen molar-refractivity contribution in [2.75, 3.05) is 4.90 Å². The third-order valence-corrected chi connectivity index (χ3v) is 6.09. The maximum atomic E-state index is 13.6. The molecule has 5 aromatic rings. The van der Waals surface area contributed by atoms with Gasteiger partial charge in [-0.05, 0) is 72.6 Å². The van der Waals surface area contributed by atoms with E-state index in [1.807, 2.05) is 25.1 Å². The first kappa shape index (κ1) is 20.0. The number of imide groups is 1. The van der Waals surface area contributed by atoms with Gasteiger partial charge in [0.25, 0.3) is 11.8 Å². The number of hydrogen-bond acceptors (Lipinski definition) is 4. The summed E-state index contributed by atoms with van der Waals surface area (Å²) in [6.45, 7) is 1.82. The van der Waals surface area contributed by atoms with E-state index in [1.165, 1.54) is 17.0 Å². The molecule has 6 rings (SSSR count). The first-order valence-corrected chi connectivity index (χ1v) is 10.7. The second-order valence-corrected chi connectivity index (χ2v) is 8.12. The topological polar surface area (TPSA) is 67.6 Å². The van der Waals surface area contributed by atoms with Crippen LogP contribution in [0.3, 0.4) is 0 Å². The minimum atomic E-state index is -0.350. The molecule has 0 spiro atoms. The molecule has 1 aliphatic rings. The van der Waals surface area contributed by atoms with E-state index in [9.17, 15) is 14.0 Å². The van der Waals surface area contributed by atoms with Crippen molar-refractivity contribution in [1.82, 2.24) is 14.6 Å². The summed E-state index contributed by atoms with van der Waals surface area (Å²) in [6.07, 6.45) is 5.09. The predicted molar refractivity (Wildman–Crippen MR) is 126 cm³/mol. The first-order chi connectivity index (χ1) is 16.5. The molecule has 34 heavy (non-hydrogen) atoms. The van der Waals surface area contributed by atoms with E-state index in [-0.39, 0.29) is 17.6 Å². The lowest BCUT2D eigenvalue weighted by atomic mass is 10.0. The van der Waals surface area contributed by atoms with Crippen molar-refractivity contribution < 1.29 is 14.0 Å². The molecule has 0 atom stereocenters. The van der Waals surface area contributed by atoms with Crippen LogP contribution in [0.1, 0.15) is 26.3 Å². The number of fused-ring (bicyclic) bond motifs is 2. The SMILES string of the molecule is Cc1cccc2c1C(=O)N(c1ccn3nc(-c4ccc(F)cc4)c(-c4ccncc4)c3c1)C2=O. The van der Waals surface area contributed by atoms with Crippen LogP contribution >= 0.6 is 0 Å². The zero-order valence-electron chi connectivity index (χ0n) is 18.1. The lowest BCUT2D eigenvalue weighted by Crippen LogP contribution is -2.29. The minimum absolute atomic E-state index is 0.332. The molecule has 4 heterocycles. The molecule has 0 aliphatic carbocycles. The smallest absolute Gasteiger partial charge is 0.266 e. The molecule has 0 saturated heterocycles. The maximum Gasteiger partial charge on any atom is 0.266 e. The highest BCUT2D eigenvalue weighted by atomic mass is 19.1. The fourth-order valence-electron chi connectivity index (χ4n) is 4.48. The van der Waals surface area contributed by atoms with Crippen molar-refractivity contribution in [3.63, 3.8) is 0 Å². The van der Waals surface area contributed by atoms with Gasteiger partial charge in [-0.15, -0.1) is 0 Å². The highest BCUT2D eigenvalue weighted by Gasteiger charge is 2.38. The zero-order chi connectivity index (χ0) is 23.4. The molecule has 0 unspecified atom stereocenters. The minimum Gasteiger partial charge on any atom is -0.268 e. The number of amides is 2. The Morgan fingerprint density at radius 3 is 2.32 bits per heavy atom. The number of nitrogens with zero attached hydrogens (tertiary/aromatic N) is 4. The van der Waals surface area contributed by atoms with Crippen molar-refractivity contribution >= 4 is 23.0 Å². The Morgan fingerprint density at radius 2 is 1.59 bits per heavy atom. The van der Waals surface area contributed by atoms with Gasteiger partial charge in [-0.1, -0.05) is 12.1 Å². The largest absolute Gasteiger partial charge is 0.268 e. The summed E-state index contributed by atoms with van der Waals surface area (Å²) >= 11 is 0. The quantitative estimate of drug-likeness (QED) is 0.351. The Balaban J connectivity index is 1.56. The van der Waals surface area contributed by atoms with Gasteiger partial charge in [0, 0.05) is 29.7 Å². The lowest BCUT2D eigenvalue weighted by Gasteiger charge is -2.14. The fraction of sp³-hybridized carbons (Fsp3) is 0.0370. The Labute approximate surface area is 193 Å². The Kier molecular flexibility index (Phi) is 4.38. The second-order valence-electron chi connectivity index (χ2n) is 8.12. The van der Waals surface area contributed by atoms with Gasteiger partial charge in [0.05, 0.1) is 22.3 Å². The molecule has 1 aliphatic heterocycles. The first-order valence-electron chi connectivity index (χ1n) is 10.7. The van der Waals surface area contributed by atoms with Gasteiger partial charge < -0.3 is 0 Å². The van der Waals surface area contributed by atoms with E-state index in [0.717, 1.165) is 22.3 Å². The fourth-order valence-corrected chi connectivity index (χ4v) is 4.48. The molecule has 7 heteroatoms. The van der Waals surface area contributed by atoms with Crippen LogP contribution < -0.4 is 4.90 Å². The molecule has 2 amide bonds. The normalized spacial score (nSPS) is 13.1. The van der Waals surface area contributed by atoms with Crippen molar-refractivity contribution in [3.8, 4) is 22.4 Å². The molecule has 0 bridgehead atoms. The van der Waals surface area contributed by atoms with E-state index in [0.29, 0.717) is 28.0 Å². The van der Waals surface area contributed by atoms with E-state index in [2.05, 4.69) is 4.98 Å². The molecule has 3 aromatic heterocycles. The Bertz CT molecular complexity index is 1610. The van der Waals surface area contributed by atoms with Crippen LogP contribution in [0, 0.1) is 12.7 Å². The summed E-state index contributed by atoms with van der Waals surface area (Å²) in [7, 11) is 0. The summed E-state index contributed by atoms with van der Waals surface area (Å²) in [4.78, 5) is 31.7. The number of halogens is 1. The third kappa shape index (κ3) is 2.94. The van der Waals surface area contributed by atoms with Crippen LogP contribution in [0.15, 0.2) is 85.3 Å².